The summed E-state index contributed by atoms with van der Waals surface area (Å²) in [6.45, 7) is 16.1. The molecule has 0 aliphatic carbocycles. The second-order valence-electron chi connectivity index (χ2n) is 18.0. The first-order chi connectivity index (χ1) is 30.2. The molecule has 0 radical (unpaired) electrons. The summed E-state index contributed by atoms with van der Waals surface area (Å²) in [6, 6.07) is 0. The molecule has 4 heterocycles. The van der Waals surface area contributed by atoms with Gasteiger partial charge in [0.05, 0.1) is 41.2 Å². The van der Waals surface area contributed by atoms with Gasteiger partial charge in [0.25, 0.3) is 11.7 Å². The predicted molar refractivity (Wildman–Crippen MR) is 240 cm³/mol. The summed E-state index contributed by atoms with van der Waals surface area (Å²) in [7, 11) is 1.56. The summed E-state index contributed by atoms with van der Waals surface area (Å²) in [5.74, 6) is -5.38. The zero-order valence-corrected chi connectivity index (χ0v) is 38.7. The van der Waals surface area contributed by atoms with Crippen molar-refractivity contribution in [3.63, 3.8) is 0 Å². The maximum atomic E-state index is 14.0. The Balaban J connectivity index is 1.46. The molecule has 16 heteroatoms. The highest BCUT2D eigenvalue weighted by Crippen LogP contribution is 2.50. The lowest BCUT2D eigenvalue weighted by molar-refractivity contribution is -0.160. The molecule has 1 fully saturated rings. The van der Waals surface area contributed by atoms with Crippen molar-refractivity contribution < 1.29 is 53.8 Å². The molecule has 2 aromatic rings. The first kappa shape index (κ1) is 48.3. The molecule has 0 aromatic heterocycles. The Morgan fingerprint density at radius 3 is 2.30 bits per heavy atom. The maximum Gasteiger partial charge on any atom is 0.302 e. The Labute approximate surface area is 374 Å². The number of aromatic hydroxyl groups is 2. The highest BCUT2D eigenvalue weighted by Gasteiger charge is 2.47. The number of phenolic OH excluding ortho intramolecular Hbond substituents is 2. The van der Waals surface area contributed by atoms with Crippen molar-refractivity contribution in [2.24, 2.45) is 33.7 Å². The molecule has 2 aromatic carbocycles. The number of aliphatic hydroxyl groups is 2. The largest absolute Gasteiger partial charge is 0.507 e. The second-order valence-corrected chi connectivity index (χ2v) is 18.0. The molecule has 4 aliphatic rings. The van der Waals surface area contributed by atoms with E-state index in [9.17, 15) is 40.2 Å². The van der Waals surface area contributed by atoms with Gasteiger partial charge in [-0.2, -0.15) is 0 Å². The van der Waals surface area contributed by atoms with E-state index in [0.29, 0.717) is 45.2 Å². The van der Waals surface area contributed by atoms with Crippen LogP contribution in [0.5, 0.6) is 17.2 Å². The molecule has 9 atom stereocenters. The third kappa shape index (κ3) is 9.06. The van der Waals surface area contributed by atoms with Gasteiger partial charge in [-0.15, -0.1) is 0 Å². The summed E-state index contributed by atoms with van der Waals surface area (Å²) in [5, 5.41) is 60.0. The highest BCUT2D eigenvalue weighted by atomic mass is 16.7. The van der Waals surface area contributed by atoms with Gasteiger partial charge in [-0.1, -0.05) is 65.0 Å². The van der Waals surface area contributed by atoms with E-state index in [1.165, 1.54) is 6.92 Å². The number of hydrogen-bond acceptors (Lipinski definition) is 14. The molecule has 1 saturated heterocycles. The minimum atomic E-state index is -1.59. The standard InChI is InChI=1S/C48H65N5O11/c1-11-32(55)53-21-19-48(20-22-53)51-36-33-34-41(58)29(7)44-35(33)45(49)47(9,64-44)62-23-14-12-13-18-31(61-10)26(4)43(63-30(8)54)28(6)40(57)27(5)39(56)24(2)16-15-17-25(3)46(60)50-38(42(34)59)37(36)52-48/h13,15-18,24,26-28,31,39-40,43,49,56-59H,11-12,14,19-23H2,1-10H3,(H,50,60)/b16-15+,18-13+,25-17-,49-45?/t24-,26+,27+,28+,31-,39-,40+,43+,47-/m0/s1. The number of methoxy groups -OCH3 is 1. The normalized spacial score (nSPS) is 31.9. The Hall–Kier alpha value is -5.16. The van der Waals surface area contributed by atoms with Crippen molar-refractivity contribution in [1.82, 2.24) is 4.90 Å². The molecule has 0 unspecified atom stereocenters. The van der Waals surface area contributed by atoms with Crippen LogP contribution >= 0.6 is 0 Å². The maximum absolute atomic E-state index is 14.0. The fourth-order valence-corrected chi connectivity index (χ4v) is 9.43. The monoisotopic (exact) mass is 887 g/mol. The van der Waals surface area contributed by atoms with Crippen molar-refractivity contribution >= 4 is 40.0 Å². The van der Waals surface area contributed by atoms with Crippen molar-refractivity contribution in [2.75, 3.05) is 32.1 Å². The Morgan fingerprint density at radius 1 is 0.984 bits per heavy atom. The molecular formula is C48H65N5O11. The zero-order chi connectivity index (χ0) is 47.0. The number of rotatable bonds is 3. The van der Waals surface area contributed by atoms with E-state index in [4.69, 9.17) is 28.9 Å². The molecule has 2 amide bonds. The van der Waals surface area contributed by atoms with E-state index in [1.807, 2.05) is 26.0 Å². The summed E-state index contributed by atoms with van der Waals surface area (Å²) in [5.41, 5.74) is -0.418. The minimum Gasteiger partial charge on any atom is -0.507 e. The lowest BCUT2D eigenvalue weighted by atomic mass is 9.78. The van der Waals surface area contributed by atoms with Gasteiger partial charge in [-0.3, -0.25) is 29.8 Å². The number of nitrogens with one attached hydrogen (secondary N) is 2. The number of aliphatic hydroxyl groups excluding tert-OH is 2. The molecule has 6 rings (SSSR count). The van der Waals surface area contributed by atoms with Crippen LogP contribution in [0.25, 0.3) is 10.8 Å². The van der Waals surface area contributed by atoms with E-state index >= 15 is 0 Å². The van der Waals surface area contributed by atoms with E-state index in [2.05, 4.69) is 5.32 Å². The number of amides is 2. The average molecular weight is 888 g/mol. The van der Waals surface area contributed by atoms with Crippen LogP contribution in [0.15, 0.2) is 45.9 Å². The average Bonchev–Trinajstić information content (AvgIpc) is 3.77. The smallest absolute Gasteiger partial charge is 0.302 e. The molecule has 16 nitrogen and oxygen atoms in total. The van der Waals surface area contributed by atoms with Crippen LogP contribution in [0.3, 0.4) is 0 Å². The number of ether oxygens (including phenoxy) is 4. The number of carbonyl (C=O) groups is 3. The quantitative estimate of drug-likeness (QED) is 0.136. The number of piperidine rings is 1. The third-order valence-electron chi connectivity index (χ3n) is 13.6. The molecule has 0 saturated carbocycles. The van der Waals surface area contributed by atoms with Crippen LogP contribution in [-0.4, -0.2) is 111 Å². The van der Waals surface area contributed by atoms with E-state index in [0.717, 1.165) is 0 Å². The molecule has 64 heavy (non-hydrogen) atoms. The van der Waals surface area contributed by atoms with Crippen molar-refractivity contribution in [2.45, 2.75) is 130 Å². The Bertz CT molecular complexity index is 2400. The number of fused-ring (bicyclic) bond motifs is 1. The summed E-state index contributed by atoms with van der Waals surface area (Å²) < 4.78 is 24.4. The second kappa shape index (κ2) is 19.1. The third-order valence-corrected chi connectivity index (χ3v) is 13.6. The number of benzene rings is 2. The molecule has 1 spiro atoms. The lowest BCUT2D eigenvalue weighted by Gasteiger charge is -2.38. The molecule has 6 N–H and O–H groups in total. The first-order valence-electron chi connectivity index (χ1n) is 22.3. The summed E-state index contributed by atoms with van der Waals surface area (Å²) in [4.78, 5) is 50.9. The van der Waals surface area contributed by atoms with Gasteiger partial charge in [0.1, 0.15) is 34.4 Å². The lowest BCUT2D eigenvalue weighted by Crippen LogP contribution is -2.46. The molecule has 4 aliphatic heterocycles. The minimum absolute atomic E-state index is 0.0137. The van der Waals surface area contributed by atoms with Crippen LogP contribution in [0.2, 0.25) is 0 Å². The van der Waals surface area contributed by atoms with Gasteiger partial charge in [0.15, 0.2) is 11.4 Å². The van der Waals surface area contributed by atoms with Crippen LogP contribution in [0.4, 0.5) is 5.69 Å². The van der Waals surface area contributed by atoms with Crippen LogP contribution < -0.4 is 20.8 Å². The van der Waals surface area contributed by atoms with Gasteiger partial charge < -0.3 is 49.6 Å². The topological polar surface area (TPSA) is 233 Å². The Morgan fingerprint density at radius 2 is 1.66 bits per heavy atom. The van der Waals surface area contributed by atoms with Crippen LogP contribution in [0, 0.1) is 36.0 Å². The highest BCUT2D eigenvalue weighted by molar-refractivity contribution is 6.20. The molecule has 348 valence electrons. The Kier molecular flexibility index (Phi) is 14.4. The number of anilines is 1. The van der Waals surface area contributed by atoms with E-state index in [1.54, 1.807) is 71.8 Å². The van der Waals surface area contributed by atoms with Gasteiger partial charge in [-0.05, 0) is 26.7 Å². The fraction of sp³-hybridized carbons (Fsp3) is 0.583. The van der Waals surface area contributed by atoms with Crippen molar-refractivity contribution in [3.05, 3.63) is 57.8 Å². The first-order valence-corrected chi connectivity index (χ1v) is 22.3. The number of carbonyl (C=O) groups excluding carboxylic acids is 3. The number of nitrogens with zero attached hydrogens (tertiary/aromatic N) is 3. The zero-order valence-electron chi connectivity index (χ0n) is 38.7. The van der Waals surface area contributed by atoms with Crippen molar-refractivity contribution in [1.29, 1.82) is 5.41 Å². The fourth-order valence-electron chi connectivity index (χ4n) is 9.43. The number of phenols is 2. The van der Waals surface area contributed by atoms with E-state index in [-0.39, 0.29) is 73.6 Å². The van der Waals surface area contributed by atoms with Crippen LogP contribution in [0.1, 0.15) is 98.6 Å². The van der Waals surface area contributed by atoms with Crippen LogP contribution in [-0.2, 0) is 28.6 Å². The van der Waals surface area contributed by atoms with Gasteiger partial charge in [0.2, 0.25) is 5.91 Å². The number of hydrogen-bond donors (Lipinski definition) is 6. The molecule has 4 bridgehead atoms. The summed E-state index contributed by atoms with van der Waals surface area (Å²) in [6.07, 6.45) is 7.52. The molecular weight excluding hydrogens is 823 g/mol. The van der Waals surface area contributed by atoms with Crippen molar-refractivity contribution in [3.8, 4) is 17.2 Å². The van der Waals surface area contributed by atoms with Gasteiger partial charge in [0, 0.05) is 93.5 Å². The van der Waals surface area contributed by atoms with Gasteiger partial charge in [-0.25, -0.2) is 0 Å². The SMILES string of the molecule is CCC(=O)N1CCC2(CC1)N=c1c3c(O)c4c(O)c(C)c5c(c4c1=N2)C(=N)[C@@](C)(OCCC/C=C/[C@H](OC)[C@@H](C)[C@@H](OC(C)=O)[C@H](C)[C@H](O)[C@H](C)[C@@H](O)[C@@H](C)/C=C/C=C(/C)C(=O)N3)O5. The van der Waals surface area contributed by atoms with Gasteiger partial charge >= 0.3 is 5.97 Å². The van der Waals surface area contributed by atoms with E-state index < -0.39 is 77.2 Å². The number of likely N-dealkylation sites (tertiary alicyclic amines) is 1. The predicted octanol–water partition coefficient (Wildman–Crippen LogP) is 5.04. The number of allylic oxidation sites excluding steroid dienone is 3. The summed E-state index contributed by atoms with van der Waals surface area (Å²) >= 11 is 0. The number of esters is 1.